The van der Waals surface area contributed by atoms with E-state index in [0.717, 1.165) is 24.2 Å². The molecule has 0 aromatic rings. The van der Waals surface area contributed by atoms with Crippen molar-refractivity contribution in [3.63, 3.8) is 0 Å². The summed E-state index contributed by atoms with van der Waals surface area (Å²) in [6.45, 7) is 6.29. The van der Waals surface area contributed by atoms with Gasteiger partial charge in [-0.3, -0.25) is 9.59 Å². The predicted molar refractivity (Wildman–Crippen MR) is 113 cm³/mol. The van der Waals surface area contributed by atoms with Gasteiger partial charge in [-0.05, 0) is 94.8 Å². The van der Waals surface area contributed by atoms with Crippen LogP contribution in [0.15, 0.2) is 0 Å². The van der Waals surface area contributed by atoms with Crippen LogP contribution in [-0.4, -0.2) is 18.4 Å². The van der Waals surface area contributed by atoms with Crippen LogP contribution in [0, 0.1) is 35.0 Å². The van der Waals surface area contributed by atoms with Gasteiger partial charge in [-0.25, -0.2) is 0 Å². The average Bonchev–Trinajstić information content (AvgIpc) is 2.71. The molecule has 0 N–H and O–H groups in total. The molecule has 1 unspecified atom stereocenters. The molecule has 3 nitrogen and oxygen atoms in total. The van der Waals surface area contributed by atoms with Gasteiger partial charge in [-0.2, -0.15) is 0 Å². The highest BCUT2D eigenvalue weighted by atomic mass is 16.5. The van der Waals surface area contributed by atoms with Crippen molar-refractivity contribution in [2.45, 2.75) is 104 Å². The maximum atomic E-state index is 12.8. The Morgan fingerprint density at radius 2 is 1.43 bits per heavy atom. The molecule has 0 aromatic heterocycles. The molecule has 3 aliphatic rings. The fraction of sp³-hybridized carbons (Fsp3) is 0.920. The first-order valence-electron chi connectivity index (χ1n) is 12.2. The third-order valence-electron chi connectivity index (χ3n) is 8.54. The molecule has 160 valence electrons. The van der Waals surface area contributed by atoms with Crippen molar-refractivity contribution in [1.82, 2.24) is 0 Å². The van der Waals surface area contributed by atoms with E-state index < -0.39 is 5.41 Å². The lowest BCUT2D eigenvalue weighted by molar-refractivity contribution is -0.162. The summed E-state index contributed by atoms with van der Waals surface area (Å²) in [6.07, 6.45) is 16.2. The molecule has 3 aliphatic carbocycles. The smallest absolute Gasteiger partial charge is 0.319 e. The highest BCUT2D eigenvalue weighted by Crippen LogP contribution is 2.47. The fourth-order valence-corrected chi connectivity index (χ4v) is 6.53. The number of rotatable bonds is 6. The number of ether oxygens (including phenoxy) is 1. The van der Waals surface area contributed by atoms with Crippen molar-refractivity contribution < 1.29 is 14.3 Å². The quantitative estimate of drug-likeness (QED) is 0.393. The zero-order valence-electron chi connectivity index (χ0n) is 18.5. The summed E-state index contributed by atoms with van der Waals surface area (Å²) in [5, 5.41) is 0. The number of carbonyl (C=O) groups is 2. The molecule has 0 bridgehead atoms. The Balaban J connectivity index is 1.45. The minimum Gasteiger partial charge on any atom is -0.465 e. The van der Waals surface area contributed by atoms with Gasteiger partial charge in [0.05, 0.1) is 6.61 Å². The molecular weight excluding hydrogens is 348 g/mol. The first-order valence-corrected chi connectivity index (χ1v) is 12.2. The van der Waals surface area contributed by atoms with Gasteiger partial charge < -0.3 is 4.74 Å². The van der Waals surface area contributed by atoms with Crippen LogP contribution in [-0.2, 0) is 14.3 Å². The molecule has 0 heterocycles. The van der Waals surface area contributed by atoms with Crippen molar-refractivity contribution >= 4 is 11.8 Å². The molecule has 3 saturated carbocycles. The second kappa shape index (κ2) is 9.76. The van der Waals surface area contributed by atoms with E-state index in [0.29, 0.717) is 31.3 Å². The Morgan fingerprint density at radius 1 is 0.893 bits per heavy atom. The minimum atomic E-state index is -0.888. The molecule has 3 rings (SSSR count). The number of esters is 1. The van der Waals surface area contributed by atoms with Crippen LogP contribution in [0.4, 0.5) is 0 Å². The Morgan fingerprint density at radius 3 is 1.93 bits per heavy atom. The second-order valence-corrected chi connectivity index (χ2v) is 10.2. The van der Waals surface area contributed by atoms with Crippen LogP contribution in [0.25, 0.3) is 0 Å². The molecular formula is C25H42O3. The number of carbonyl (C=O) groups excluding carboxylic acids is 2. The molecule has 2 atom stereocenters. The number of hydrogen-bond donors (Lipinski definition) is 0. The lowest BCUT2D eigenvalue weighted by Gasteiger charge is -2.42. The zero-order chi connectivity index (χ0) is 20.1. The molecule has 28 heavy (non-hydrogen) atoms. The minimum absolute atomic E-state index is 0.124. The van der Waals surface area contributed by atoms with Gasteiger partial charge in [0.15, 0.2) is 0 Å². The fourth-order valence-electron chi connectivity index (χ4n) is 6.53. The monoisotopic (exact) mass is 390 g/mol. The van der Waals surface area contributed by atoms with E-state index in [2.05, 4.69) is 6.92 Å². The molecule has 0 saturated heterocycles. The summed E-state index contributed by atoms with van der Waals surface area (Å²) in [7, 11) is 0. The number of hydrogen-bond acceptors (Lipinski definition) is 3. The van der Waals surface area contributed by atoms with Gasteiger partial charge in [0, 0.05) is 6.42 Å². The molecule has 3 fully saturated rings. The van der Waals surface area contributed by atoms with E-state index in [1.165, 1.54) is 64.2 Å². The van der Waals surface area contributed by atoms with Gasteiger partial charge in [0.2, 0.25) is 0 Å². The Hall–Kier alpha value is -0.860. The van der Waals surface area contributed by atoms with Crippen molar-refractivity contribution in [1.29, 1.82) is 0 Å². The van der Waals surface area contributed by atoms with Crippen molar-refractivity contribution in [2.24, 2.45) is 35.0 Å². The standard InChI is InChI=1S/C25H42O3/c1-4-6-18-7-9-19(10-8-18)20-11-13-21(14-12-20)22-15-16-25(3,23(26)17-22)24(27)28-5-2/h18-22H,4-17H2,1-3H3/t18?,19?,20?,21?,22?,25-/m0/s1. The normalized spacial score (nSPS) is 39.5. The molecule has 0 amide bonds. The summed E-state index contributed by atoms with van der Waals surface area (Å²) < 4.78 is 5.18. The summed E-state index contributed by atoms with van der Waals surface area (Å²) in [5.74, 6) is 3.91. The van der Waals surface area contributed by atoms with E-state index in [1.807, 2.05) is 6.92 Å². The van der Waals surface area contributed by atoms with Crippen molar-refractivity contribution in [3.8, 4) is 0 Å². The summed E-state index contributed by atoms with van der Waals surface area (Å²) in [4.78, 5) is 25.0. The lowest BCUT2D eigenvalue weighted by Crippen LogP contribution is -2.44. The van der Waals surface area contributed by atoms with E-state index in [1.54, 1.807) is 6.92 Å². The van der Waals surface area contributed by atoms with Crippen LogP contribution >= 0.6 is 0 Å². The van der Waals surface area contributed by atoms with E-state index in [9.17, 15) is 9.59 Å². The Labute approximate surface area is 172 Å². The van der Waals surface area contributed by atoms with Crippen LogP contribution in [0.3, 0.4) is 0 Å². The van der Waals surface area contributed by atoms with Gasteiger partial charge in [-0.15, -0.1) is 0 Å². The summed E-state index contributed by atoms with van der Waals surface area (Å²) in [5.41, 5.74) is -0.888. The maximum absolute atomic E-state index is 12.8. The average molecular weight is 391 g/mol. The SMILES string of the molecule is CCCC1CCC(C2CCC(C3CC[C@](C)(C(=O)OCC)C(=O)C3)CC2)CC1. The summed E-state index contributed by atoms with van der Waals surface area (Å²) >= 11 is 0. The van der Waals surface area contributed by atoms with Crippen LogP contribution < -0.4 is 0 Å². The first-order chi connectivity index (χ1) is 13.5. The number of ketones is 1. The van der Waals surface area contributed by atoms with Gasteiger partial charge in [0.25, 0.3) is 0 Å². The highest BCUT2D eigenvalue weighted by molar-refractivity contribution is 6.03. The van der Waals surface area contributed by atoms with E-state index in [4.69, 9.17) is 4.74 Å². The first kappa shape index (κ1) is 21.8. The highest BCUT2D eigenvalue weighted by Gasteiger charge is 2.47. The largest absolute Gasteiger partial charge is 0.465 e. The molecule has 3 heteroatoms. The molecule has 0 radical (unpaired) electrons. The van der Waals surface area contributed by atoms with Crippen molar-refractivity contribution in [2.75, 3.05) is 6.61 Å². The van der Waals surface area contributed by atoms with Crippen LogP contribution in [0.2, 0.25) is 0 Å². The van der Waals surface area contributed by atoms with Crippen LogP contribution in [0.1, 0.15) is 104 Å². The van der Waals surface area contributed by atoms with Gasteiger partial charge in [0.1, 0.15) is 11.2 Å². The molecule has 0 spiro atoms. The van der Waals surface area contributed by atoms with Crippen molar-refractivity contribution in [3.05, 3.63) is 0 Å². The maximum Gasteiger partial charge on any atom is 0.319 e. The zero-order valence-corrected chi connectivity index (χ0v) is 18.5. The van der Waals surface area contributed by atoms with Gasteiger partial charge >= 0.3 is 5.97 Å². The molecule has 0 aromatic carbocycles. The summed E-state index contributed by atoms with van der Waals surface area (Å²) in [6, 6.07) is 0. The number of Topliss-reactive ketones (excluding diaryl/α,β-unsaturated/α-hetero) is 1. The van der Waals surface area contributed by atoms with E-state index in [-0.39, 0.29) is 11.8 Å². The van der Waals surface area contributed by atoms with Gasteiger partial charge in [-0.1, -0.05) is 32.6 Å². The Bertz CT molecular complexity index is 526. The van der Waals surface area contributed by atoms with E-state index >= 15 is 0 Å². The topological polar surface area (TPSA) is 43.4 Å². The third kappa shape index (κ3) is 4.82. The second-order valence-electron chi connectivity index (χ2n) is 10.2. The van der Waals surface area contributed by atoms with Crippen LogP contribution in [0.5, 0.6) is 0 Å². The Kier molecular flexibility index (Phi) is 7.61. The predicted octanol–water partition coefficient (Wildman–Crippen LogP) is 6.34. The third-order valence-corrected chi connectivity index (χ3v) is 8.54. The molecule has 0 aliphatic heterocycles. The lowest BCUT2D eigenvalue weighted by atomic mass is 9.62.